The standard InChI is InChI=1S/C17H20BrNO/c1-4-12-5-7-13(8-6-12)17(19-2)15-10-9-14(18)11-16(15)20-3/h5-11,17,19H,4H2,1-3H3. The van der Waals surface area contributed by atoms with Crippen LogP contribution in [-0.4, -0.2) is 14.2 Å². The van der Waals surface area contributed by atoms with Crippen molar-refractivity contribution in [2.24, 2.45) is 0 Å². The van der Waals surface area contributed by atoms with Crippen molar-refractivity contribution in [1.29, 1.82) is 0 Å². The van der Waals surface area contributed by atoms with E-state index in [0.717, 1.165) is 22.2 Å². The quantitative estimate of drug-likeness (QED) is 0.879. The Morgan fingerprint density at radius 2 is 1.85 bits per heavy atom. The van der Waals surface area contributed by atoms with E-state index in [-0.39, 0.29) is 6.04 Å². The SMILES string of the molecule is CCc1ccc(C(NC)c2ccc(Br)cc2OC)cc1. The third-order valence-corrected chi connectivity index (χ3v) is 4.01. The topological polar surface area (TPSA) is 21.3 Å². The first-order valence-corrected chi connectivity index (χ1v) is 7.58. The number of aryl methyl sites for hydroxylation is 1. The molecule has 2 aromatic rings. The minimum atomic E-state index is 0.129. The highest BCUT2D eigenvalue weighted by atomic mass is 79.9. The monoisotopic (exact) mass is 333 g/mol. The molecule has 0 saturated heterocycles. The Morgan fingerprint density at radius 1 is 1.15 bits per heavy atom. The number of methoxy groups -OCH3 is 1. The second-order valence-corrected chi connectivity index (χ2v) is 5.62. The Balaban J connectivity index is 2.40. The molecular weight excluding hydrogens is 314 g/mol. The maximum absolute atomic E-state index is 5.51. The maximum atomic E-state index is 5.51. The summed E-state index contributed by atoms with van der Waals surface area (Å²) in [5, 5.41) is 3.37. The average Bonchev–Trinajstić information content (AvgIpc) is 2.50. The molecule has 0 heterocycles. The first-order chi connectivity index (χ1) is 9.69. The van der Waals surface area contributed by atoms with Crippen molar-refractivity contribution in [3.05, 3.63) is 63.6 Å². The van der Waals surface area contributed by atoms with Crippen LogP contribution in [0.4, 0.5) is 0 Å². The van der Waals surface area contributed by atoms with Crippen LogP contribution < -0.4 is 10.1 Å². The Bertz CT molecular complexity index is 566. The molecule has 1 unspecified atom stereocenters. The Morgan fingerprint density at radius 3 is 2.40 bits per heavy atom. The van der Waals surface area contributed by atoms with E-state index in [0.29, 0.717) is 0 Å². The van der Waals surface area contributed by atoms with Crippen LogP contribution in [0.1, 0.15) is 29.7 Å². The lowest BCUT2D eigenvalue weighted by Gasteiger charge is -2.20. The van der Waals surface area contributed by atoms with Gasteiger partial charge >= 0.3 is 0 Å². The highest BCUT2D eigenvalue weighted by Crippen LogP contribution is 2.32. The molecule has 0 aliphatic rings. The second-order valence-electron chi connectivity index (χ2n) is 4.70. The van der Waals surface area contributed by atoms with Gasteiger partial charge in [-0.1, -0.05) is 53.2 Å². The van der Waals surface area contributed by atoms with Crippen molar-refractivity contribution in [2.75, 3.05) is 14.2 Å². The van der Waals surface area contributed by atoms with Crippen molar-refractivity contribution in [3.63, 3.8) is 0 Å². The van der Waals surface area contributed by atoms with Crippen LogP contribution in [0.25, 0.3) is 0 Å². The predicted octanol–water partition coefficient (Wildman–Crippen LogP) is 4.33. The van der Waals surface area contributed by atoms with E-state index >= 15 is 0 Å². The van der Waals surface area contributed by atoms with Crippen LogP contribution in [0.5, 0.6) is 5.75 Å². The van der Waals surface area contributed by atoms with Crippen molar-refractivity contribution in [3.8, 4) is 5.75 Å². The fourth-order valence-corrected chi connectivity index (χ4v) is 2.71. The molecule has 1 atom stereocenters. The van der Waals surface area contributed by atoms with E-state index in [4.69, 9.17) is 4.74 Å². The zero-order chi connectivity index (χ0) is 14.5. The number of rotatable bonds is 5. The van der Waals surface area contributed by atoms with Crippen LogP contribution >= 0.6 is 15.9 Å². The van der Waals surface area contributed by atoms with Gasteiger partial charge in [-0.25, -0.2) is 0 Å². The summed E-state index contributed by atoms with van der Waals surface area (Å²) in [5.74, 6) is 0.887. The lowest BCUT2D eigenvalue weighted by molar-refractivity contribution is 0.405. The average molecular weight is 334 g/mol. The molecule has 1 N–H and O–H groups in total. The number of benzene rings is 2. The van der Waals surface area contributed by atoms with Gasteiger partial charge < -0.3 is 10.1 Å². The highest BCUT2D eigenvalue weighted by Gasteiger charge is 2.16. The molecular formula is C17H20BrNO. The fourth-order valence-electron chi connectivity index (χ4n) is 2.37. The van der Waals surface area contributed by atoms with Crippen LogP contribution in [0, 0.1) is 0 Å². The zero-order valence-corrected chi connectivity index (χ0v) is 13.7. The van der Waals surface area contributed by atoms with Crippen LogP contribution in [-0.2, 0) is 6.42 Å². The molecule has 106 valence electrons. The molecule has 20 heavy (non-hydrogen) atoms. The molecule has 0 saturated carbocycles. The predicted molar refractivity (Wildman–Crippen MR) is 87.4 cm³/mol. The smallest absolute Gasteiger partial charge is 0.125 e. The van der Waals surface area contributed by atoms with Crippen molar-refractivity contribution in [1.82, 2.24) is 5.32 Å². The molecule has 0 radical (unpaired) electrons. The number of nitrogens with one attached hydrogen (secondary N) is 1. The van der Waals surface area contributed by atoms with Crippen molar-refractivity contribution in [2.45, 2.75) is 19.4 Å². The van der Waals surface area contributed by atoms with Gasteiger partial charge in [0.2, 0.25) is 0 Å². The zero-order valence-electron chi connectivity index (χ0n) is 12.1. The second kappa shape index (κ2) is 6.91. The summed E-state index contributed by atoms with van der Waals surface area (Å²) in [6, 6.07) is 15.0. The molecule has 0 aliphatic carbocycles. The molecule has 0 aliphatic heterocycles. The fraction of sp³-hybridized carbons (Fsp3) is 0.294. The van der Waals surface area contributed by atoms with Gasteiger partial charge in [-0.15, -0.1) is 0 Å². The third kappa shape index (κ3) is 3.22. The largest absolute Gasteiger partial charge is 0.496 e. The summed E-state index contributed by atoms with van der Waals surface area (Å²) in [5.41, 5.74) is 3.74. The van der Waals surface area contributed by atoms with E-state index in [2.05, 4.69) is 58.5 Å². The van der Waals surface area contributed by atoms with E-state index in [1.165, 1.54) is 11.1 Å². The number of hydrogen-bond acceptors (Lipinski definition) is 2. The maximum Gasteiger partial charge on any atom is 0.125 e. The normalized spacial score (nSPS) is 12.2. The summed E-state index contributed by atoms with van der Waals surface area (Å²) in [6.07, 6.45) is 1.06. The summed E-state index contributed by atoms with van der Waals surface area (Å²) < 4.78 is 6.53. The number of hydrogen-bond donors (Lipinski definition) is 1. The molecule has 3 heteroatoms. The van der Waals surface area contributed by atoms with Gasteiger partial charge in [0.15, 0.2) is 0 Å². The van der Waals surface area contributed by atoms with Crippen LogP contribution in [0.3, 0.4) is 0 Å². The van der Waals surface area contributed by atoms with Gasteiger partial charge in [0, 0.05) is 10.0 Å². The molecule has 2 rings (SSSR count). The first-order valence-electron chi connectivity index (χ1n) is 6.79. The van der Waals surface area contributed by atoms with Crippen LogP contribution in [0.2, 0.25) is 0 Å². The molecule has 2 aromatic carbocycles. The summed E-state index contributed by atoms with van der Waals surface area (Å²) in [6.45, 7) is 2.17. The van der Waals surface area contributed by atoms with E-state index in [1.54, 1.807) is 7.11 Å². The van der Waals surface area contributed by atoms with E-state index in [9.17, 15) is 0 Å². The molecule has 0 amide bonds. The van der Waals surface area contributed by atoms with Gasteiger partial charge in [-0.3, -0.25) is 0 Å². The number of halogens is 1. The Hall–Kier alpha value is -1.32. The first kappa shape index (κ1) is 15.1. The van der Waals surface area contributed by atoms with Gasteiger partial charge in [-0.2, -0.15) is 0 Å². The van der Waals surface area contributed by atoms with Crippen molar-refractivity contribution >= 4 is 15.9 Å². The van der Waals surface area contributed by atoms with Gasteiger partial charge in [0.05, 0.1) is 13.2 Å². The van der Waals surface area contributed by atoms with E-state index < -0.39 is 0 Å². The molecule has 0 fully saturated rings. The van der Waals surface area contributed by atoms with Gasteiger partial charge in [0.1, 0.15) is 5.75 Å². The summed E-state index contributed by atoms with van der Waals surface area (Å²) >= 11 is 3.48. The van der Waals surface area contributed by atoms with Gasteiger partial charge in [-0.05, 0) is 36.7 Å². The lowest BCUT2D eigenvalue weighted by Crippen LogP contribution is -2.18. The van der Waals surface area contributed by atoms with E-state index in [1.807, 2.05) is 19.2 Å². The molecule has 2 nitrogen and oxygen atoms in total. The molecule has 0 aromatic heterocycles. The highest BCUT2D eigenvalue weighted by molar-refractivity contribution is 9.10. The molecule has 0 spiro atoms. The Kier molecular flexibility index (Phi) is 5.21. The summed E-state index contributed by atoms with van der Waals surface area (Å²) in [7, 11) is 3.68. The van der Waals surface area contributed by atoms with Gasteiger partial charge in [0.25, 0.3) is 0 Å². The minimum Gasteiger partial charge on any atom is -0.496 e. The minimum absolute atomic E-state index is 0.129. The summed E-state index contributed by atoms with van der Waals surface area (Å²) in [4.78, 5) is 0. The molecule has 0 bridgehead atoms. The third-order valence-electron chi connectivity index (χ3n) is 3.52. The van der Waals surface area contributed by atoms with Crippen LogP contribution in [0.15, 0.2) is 46.9 Å². The Labute approximate surface area is 129 Å². The van der Waals surface area contributed by atoms with Crippen molar-refractivity contribution < 1.29 is 4.74 Å². The number of ether oxygens (including phenoxy) is 1. The lowest BCUT2D eigenvalue weighted by atomic mass is 9.96.